The second kappa shape index (κ2) is 7.29. The van der Waals surface area contributed by atoms with Crippen molar-refractivity contribution in [3.8, 4) is 33.7 Å². The fraction of sp³-hybridized carbons (Fsp3) is 0. The average molecular weight is 394 g/mol. The average Bonchev–Trinajstić information content (AvgIpc) is 3.18. The molecule has 0 aliphatic carbocycles. The molecule has 138 valence electrons. The quantitative estimate of drug-likeness (QED) is 0.450. The molecule has 4 rings (SSSR count). The second-order valence-electron chi connectivity index (χ2n) is 6.14. The Balaban J connectivity index is 1.65. The van der Waals surface area contributed by atoms with Crippen LogP contribution in [-0.4, -0.2) is 16.2 Å². The molecule has 4 nitrogen and oxygen atoms in total. The molecule has 1 heterocycles. The smallest absolute Gasteiger partial charge is 0.338 e. The molecule has 0 saturated carbocycles. The number of hydrogen-bond donors (Lipinski definition) is 1. The normalized spacial score (nSPS) is 10.8. The number of carboxylic acids is 1. The minimum Gasteiger partial charge on any atom is -0.478 e. The van der Waals surface area contributed by atoms with Crippen molar-refractivity contribution >= 4 is 17.6 Å². The van der Waals surface area contributed by atoms with Crippen LogP contribution in [0.2, 0.25) is 5.02 Å². The van der Waals surface area contributed by atoms with E-state index in [2.05, 4.69) is 5.16 Å². The van der Waals surface area contributed by atoms with Crippen molar-refractivity contribution in [3.63, 3.8) is 0 Å². The molecule has 0 saturated heterocycles. The van der Waals surface area contributed by atoms with E-state index in [9.17, 15) is 9.18 Å². The van der Waals surface area contributed by atoms with Gasteiger partial charge in [-0.3, -0.25) is 0 Å². The first kappa shape index (κ1) is 17.9. The van der Waals surface area contributed by atoms with Crippen molar-refractivity contribution in [2.75, 3.05) is 0 Å². The highest BCUT2D eigenvalue weighted by Gasteiger charge is 2.15. The zero-order chi connectivity index (χ0) is 19.7. The Bertz CT molecular complexity index is 1170. The lowest BCUT2D eigenvalue weighted by Gasteiger charge is -2.05. The van der Waals surface area contributed by atoms with Gasteiger partial charge < -0.3 is 9.63 Å². The Morgan fingerprint density at radius 1 is 0.929 bits per heavy atom. The first-order valence-corrected chi connectivity index (χ1v) is 8.76. The van der Waals surface area contributed by atoms with E-state index in [0.717, 1.165) is 22.8 Å². The Morgan fingerprint density at radius 3 is 2.36 bits per heavy atom. The second-order valence-corrected chi connectivity index (χ2v) is 6.54. The summed E-state index contributed by atoms with van der Waals surface area (Å²) in [6.45, 7) is 0. The summed E-state index contributed by atoms with van der Waals surface area (Å²) in [5.41, 5.74) is 3.06. The number of aromatic nitrogens is 1. The number of nitrogens with zero attached hydrogens (tertiary/aromatic N) is 1. The standard InChI is InChI=1S/C22H13ClFNO3/c23-18-10-15(7-8-16(18)13-4-2-1-3-5-13)21-12-20(25-28-21)14-6-9-17(22(26)27)19(24)11-14/h1-12H,(H,26,27). The molecule has 0 unspecified atom stereocenters. The Kier molecular flexibility index (Phi) is 4.67. The Hall–Kier alpha value is -3.44. The molecule has 3 aromatic carbocycles. The minimum absolute atomic E-state index is 0.393. The lowest BCUT2D eigenvalue weighted by atomic mass is 10.0. The van der Waals surface area contributed by atoms with Crippen molar-refractivity contribution in [2.45, 2.75) is 0 Å². The van der Waals surface area contributed by atoms with Crippen LogP contribution < -0.4 is 0 Å². The van der Waals surface area contributed by atoms with E-state index in [1.165, 1.54) is 12.1 Å². The Labute approximate surface area is 164 Å². The third-order valence-corrected chi connectivity index (χ3v) is 4.66. The van der Waals surface area contributed by atoms with Crippen LogP contribution in [0.1, 0.15) is 10.4 Å². The van der Waals surface area contributed by atoms with Gasteiger partial charge in [0.05, 0.1) is 5.56 Å². The van der Waals surface area contributed by atoms with Gasteiger partial charge in [-0.1, -0.05) is 65.3 Å². The van der Waals surface area contributed by atoms with Crippen LogP contribution in [0.25, 0.3) is 33.7 Å². The summed E-state index contributed by atoms with van der Waals surface area (Å²) in [5, 5.41) is 13.4. The summed E-state index contributed by atoms with van der Waals surface area (Å²) in [6.07, 6.45) is 0. The molecule has 6 heteroatoms. The number of halogens is 2. The summed E-state index contributed by atoms with van der Waals surface area (Å²) in [4.78, 5) is 10.9. The van der Waals surface area contributed by atoms with E-state index < -0.39 is 17.3 Å². The van der Waals surface area contributed by atoms with Gasteiger partial charge in [-0.15, -0.1) is 0 Å². The van der Waals surface area contributed by atoms with Crippen molar-refractivity contribution in [2.24, 2.45) is 0 Å². The molecule has 1 N–H and O–H groups in total. The molecule has 0 amide bonds. The van der Waals surface area contributed by atoms with Gasteiger partial charge in [-0.05, 0) is 23.8 Å². The van der Waals surface area contributed by atoms with Gasteiger partial charge in [0.15, 0.2) is 5.76 Å². The molecule has 0 aliphatic rings. The molecular formula is C22H13ClFNO3. The summed E-state index contributed by atoms with van der Waals surface area (Å²) < 4.78 is 19.3. The zero-order valence-corrected chi connectivity index (χ0v) is 15.2. The molecule has 28 heavy (non-hydrogen) atoms. The molecule has 4 aromatic rings. The predicted octanol–water partition coefficient (Wildman–Crippen LogP) is 6.17. The van der Waals surface area contributed by atoms with Crippen LogP contribution in [0.3, 0.4) is 0 Å². The monoisotopic (exact) mass is 393 g/mol. The molecule has 0 aliphatic heterocycles. The highest BCUT2D eigenvalue weighted by Crippen LogP contribution is 2.33. The highest BCUT2D eigenvalue weighted by atomic mass is 35.5. The third-order valence-electron chi connectivity index (χ3n) is 4.34. The maximum absolute atomic E-state index is 13.9. The number of aromatic carboxylic acids is 1. The van der Waals surface area contributed by atoms with Crippen LogP contribution in [0.4, 0.5) is 4.39 Å². The van der Waals surface area contributed by atoms with Gasteiger partial charge >= 0.3 is 5.97 Å². The molecule has 0 atom stereocenters. The Morgan fingerprint density at radius 2 is 1.68 bits per heavy atom. The molecule has 0 fully saturated rings. The summed E-state index contributed by atoms with van der Waals surface area (Å²) >= 11 is 6.44. The summed E-state index contributed by atoms with van der Waals surface area (Å²) in [7, 11) is 0. The summed E-state index contributed by atoms with van der Waals surface area (Å²) in [5.74, 6) is -1.68. The lowest BCUT2D eigenvalue weighted by molar-refractivity contribution is 0.0692. The van der Waals surface area contributed by atoms with E-state index in [-0.39, 0.29) is 0 Å². The number of carboxylic acid groups (broad SMARTS) is 1. The molecular weight excluding hydrogens is 381 g/mol. The SMILES string of the molecule is O=C(O)c1ccc(-c2cc(-c3ccc(-c4ccccc4)c(Cl)c3)on2)cc1F. The maximum Gasteiger partial charge on any atom is 0.338 e. The number of carbonyl (C=O) groups is 1. The lowest BCUT2D eigenvalue weighted by Crippen LogP contribution is -2.00. The molecule has 0 bridgehead atoms. The van der Waals surface area contributed by atoms with Gasteiger partial charge in [-0.2, -0.15) is 0 Å². The first-order chi connectivity index (χ1) is 13.5. The fourth-order valence-electron chi connectivity index (χ4n) is 2.92. The number of hydrogen-bond acceptors (Lipinski definition) is 3. The molecule has 0 radical (unpaired) electrons. The van der Waals surface area contributed by atoms with E-state index in [1.54, 1.807) is 12.1 Å². The topological polar surface area (TPSA) is 63.3 Å². The minimum atomic E-state index is -1.32. The van der Waals surface area contributed by atoms with Crippen molar-refractivity contribution < 1.29 is 18.8 Å². The zero-order valence-electron chi connectivity index (χ0n) is 14.4. The molecule has 1 aromatic heterocycles. The van der Waals surface area contributed by atoms with E-state index >= 15 is 0 Å². The van der Waals surface area contributed by atoms with Crippen LogP contribution in [0.5, 0.6) is 0 Å². The first-order valence-electron chi connectivity index (χ1n) is 8.38. The summed E-state index contributed by atoms with van der Waals surface area (Å²) in [6, 6.07) is 20.8. The fourth-order valence-corrected chi connectivity index (χ4v) is 3.21. The van der Waals surface area contributed by atoms with Crippen LogP contribution >= 0.6 is 11.6 Å². The van der Waals surface area contributed by atoms with Gasteiger partial charge in [0.2, 0.25) is 0 Å². The van der Waals surface area contributed by atoms with Gasteiger partial charge in [-0.25, -0.2) is 9.18 Å². The van der Waals surface area contributed by atoms with E-state index in [0.29, 0.717) is 22.0 Å². The van der Waals surface area contributed by atoms with Crippen LogP contribution in [0.15, 0.2) is 77.3 Å². The van der Waals surface area contributed by atoms with Crippen LogP contribution in [-0.2, 0) is 0 Å². The van der Waals surface area contributed by atoms with Gasteiger partial charge in [0.1, 0.15) is 11.5 Å². The predicted molar refractivity (Wildman–Crippen MR) is 105 cm³/mol. The van der Waals surface area contributed by atoms with E-state index in [4.69, 9.17) is 21.2 Å². The highest BCUT2D eigenvalue weighted by molar-refractivity contribution is 6.33. The van der Waals surface area contributed by atoms with Gasteiger partial charge in [0, 0.05) is 27.8 Å². The number of benzene rings is 3. The number of rotatable bonds is 4. The largest absolute Gasteiger partial charge is 0.478 e. The molecule has 0 spiro atoms. The van der Waals surface area contributed by atoms with Crippen molar-refractivity contribution in [1.82, 2.24) is 5.16 Å². The van der Waals surface area contributed by atoms with Crippen molar-refractivity contribution in [1.29, 1.82) is 0 Å². The van der Waals surface area contributed by atoms with Gasteiger partial charge in [0.25, 0.3) is 0 Å². The third kappa shape index (κ3) is 3.40. The van der Waals surface area contributed by atoms with Crippen molar-refractivity contribution in [3.05, 3.63) is 89.2 Å². The van der Waals surface area contributed by atoms with E-state index in [1.807, 2.05) is 42.5 Å². The van der Waals surface area contributed by atoms with Crippen LogP contribution in [0, 0.1) is 5.82 Å². The maximum atomic E-state index is 13.9.